The third-order valence-corrected chi connectivity index (χ3v) is 7.52. The van der Waals surface area contributed by atoms with E-state index in [-0.39, 0.29) is 23.8 Å². The zero-order valence-corrected chi connectivity index (χ0v) is 22.8. The summed E-state index contributed by atoms with van der Waals surface area (Å²) in [7, 11) is 0. The lowest BCUT2D eigenvalue weighted by atomic mass is 10.0. The minimum absolute atomic E-state index is 0.00727. The van der Waals surface area contributed by atoms with Gasteiger partial charge in [0.25, 0.3) is 5.91 Å². The number of hydrogen-bond acceptors (Lipinski definition) is 5. The number of hydrogen-bond donors (Lipinski definition) is 4. The molecule has 1 fully saturated rings. The molecule has 1 aliphatic rings. The predicted octanol–water partition coefficient (Wildman–Crippen LogP) is 3.35. The molecule has 0 aromatic heterocycles. The molecule has 4 aromatic carbocycles. The Kier molecular flexibility index (Phi) is 8.55. The van der Waals surface area contributed by atoms with Crippen molar-refractivity contribution in [2.24, 2.45) is 16.5 Å². The Morgan fingerprint density at radius 2 is 1.73 bits per heavy atom. The lowest BCUT2D eigenvalue weighted by molar-refractivity contribution is -0.120. The minimum Gasteiger partial charge on any atom is -0.370 e. The first-order chi connectivity index (χ1) is 19.9. The van der Waals surface area contributed by atoms with Gasteiger partial charge >= 0.3 is 0 Å². The predicted molar refractivity (Wildman–Crippen MR) is 163 cm³/mol. The van der Waals surface area contributed by atoms with Crippen molar-refractivity contribution >= 4 is 51.3 Å². The Labute approximate surface area is 238 Å². The Morgan fingerprint density at radius 1 is 1.00 bits per heavy atom. The SMILES string of the molecule is NC(N)=NCCC[C@@H]1N[C@H](CNC(=O)c2ccc3ccccc3c2)CCN(c2ccc3ccccc3c2C=O)C1=O. The highest BCUT2D eigenvalue weighted by molar-refractivity contribution is 6.08. The molecule has 0 bridgehead atoms. The van der Waals surface area contributed by atoms with Gasteiger partial charge in [-0.15, -0.1) is 0 Å². The Hall–Kier alpha value is -4.76. The van der Waals surface area contributed by atoms with E-state index in [0.717, 1.165) is 27.8 Å². The third kappa shape index (κ3) is 6.36. The summed E-state index contributed by atoms with van der Waals surface area (Å²) in [6.07, 6.45) is 2.48. The number of anilines is 1. The summed E-state index contributed by atoms with van der Waals surface area (Å²) >= 11 is 0. The molecule has 210 valence electrons. The zero-order valence-electron chi connectivity index (χ0n) is 22.8. The van der Waals surface area contributed by atoms with Gasteiger partial charge in [0.15, 0.2) is 12.2 Å². The van der Waals surface area contributed by atoms with Gasteiger partial charge in [-0.05, 0) is 59.0 Å². The van der Waals surface area contributed by atoms with Crippen molar-refractivity contribution in [3.8, 4) is 0 Å². The van der Waals surface area contributed by atoms with Gasteiger partial charge < -0.3 is 27.0 Å². The minimum atomic E-state index is -0.541. The van der Waals surface area contributed by atoms with Crippen LogP contribution in [-0.2, 0) is 4.79 Å². The molecule has 0 spiro atoms. The molecule has 0 unspecified atom stereocenters. The lowest BCUT2D eigenvalue weighted by Crippen LogP contribution is -2.49. The number of aldehydes is 1. The van der Waals surface area contributed by atoms with E-state index in [1.165, 1.54) is 0 Å². The van der Waals surface area contributed by atoms with Crippen LogP contribution in [0.25, 0.3) is 21.5 Å². The fourth-order valence-corrected chi connectivity index (χ4v) is 5.42. The second-order valence-electron chi connectivity index (χ2n) is 10.3. The van der Waals surface area contributed by atoms with Crippen molar-refractivity contribution in [2.75, 3.05) is 24.5 Å². The quantitative estimate of drug-likeness (QED) is 0.109. The van der Waals surface area contributed by atoms with E-state index in [1.54, 1.807) is 4.90 Å². The Balaban J connectivity index is 1.36. The normalized spacial score (nSPS) is 17.3. The highest BCUT2D eigenvalue weighted by Gasteiger charge is 2.32. The van der Waals surface area contributed by atoms with Crippen LogP contribution in [-0.4, -0.2) is 55.8 Å². The first-order valence-corrected chi connectivity index (χ1v) is 13.8. The standard InChI is InChI=1S/C32H34N6O3/c33-32(34)35-16-5-10-28-31(41)38(29-14-13-22-7-3-4-9-26(22)27(29)20-39)17-15-25(37-28)19-36-30(40)24-12-11-21-6-1-2-8-23(21)18-24/h1-4,6-9,11-14,18,20,25,28,37H,5,10,15-17,19H2,(H,36,40)(H4,33,34,35)/t25-,28-/m0/s1. The van der Waals surface area contributed by atoms with Crippen LogP contribution in [0.4, 0.5) is 5.69 Å². The molecule has 2 amide bonds. The molecular weight excluding hydrogens is 516 g/mol. The molecule has 2 atom stereocenters. The molecule has 6 N–H and O–H groups in total. The van der Waals surface area contributed by atoms with Gasteiger partial charge in [-0.3, -0.25) is 19.4 Å². The van der Waals surface area contributed by atoms with Crippen molar-refractivity contribution in [3.05, 3.63) is 90.0 Å². The lowest BCUT2D eigenvalue weighted by Gasteiger charge is -2.26. The molecule has 0 saturated carbocycles. The molecular formula is C32H34N6O3. The van der Waals surface area contributed by atoms with E-state index in [1.807, 2.05) is 78.9 Å². The molecule has 0 radical (unpaired) electrons. The summed E-state index contributed by atoms with van der Waals surface area (Å²) in [4.78, 5) is 44.9. The largest absolute Gasteiger partial charge is 0.370 e. The number of fused-ring (bicyclic) bond motifs is 2. The number of guanidine groups is 1. The summed E-state index contributed by atoms with van der Waals surface area (Å²) in [5, 5.41) is 10.3. The number of nitrogens with two attached hydrogens (primary N) is 2. The van der Waals surface area contributed by atoms with Gasteiger partial charge in [-0.25, -0.2) is 0 Å². The van der Waals surface area contributed by atoms with Gasteiger partial charge in [0.05, 0.1) is 11.7 Å². The number of rotatable bonds is 9. The van der Waals surface area contributed by atoms with Crippen LogP contribution < -0.4 is 27.0 Å². The topological polar surface area (TPSA) is 143 Å². The fraction of sp³-hybridized carbons (Fsp3) is 0.250. The summed E-state index contributed by atoms with van der Waals surface area (Å²) in [6, 6.07) is 24.2. The first-order valence-electron chi connectivity index (χ1n) is 13.8. The third-order valence-electron chi connectivity index (χ3n) is 7.52. The zero-order chi connectivity index (χ0) is 28.8. The number of nitrogens with one attached hydrogen (secondary N) is 2. The van der Waals surface area contributed by atoms with E-state index in [2.05, 4.69) is 15.6 Å². The van der Waals surface area contributed by atoms with Gasteiger partial charge in [-0.1, -0.05) is 60.7 Å². The average Bonchev–Trinajstić information content (AvgIpc) is 3.15. The maximum atomic E-state index is 13.9. The molecule has 1 saturated heterocycles. The second-order valence-corrected chi connectivity index (χ2v) is 10.3. The molecule has 1 heterocycles. The summed E-state index contributed by atoms with van der Waals surface area (Å²) in [5.41, 5.74) is 12.6. The van der Waals surface area contributed by atoms with Gasteiger partial charge in [-0.2, -0.15) is 0 Å². The van der Waals surface area contributed by atoms with E-state index >= 15 is 0 Å². The molecule has 9 heteroatoms. The second kappa shape index (κ2) is 12.6. The van der Waals surface area contributed by atoms with Crippen molar-refractivity contribution in [3.63, 3.8) is 0 Å². The molecule has 9 nitrogen and oxygen atoms in total. The number of benzene rings is 4. The maximum Gasteiger partial charge on any atom is 0.251 e. The number of nitrogens with zero attached hydrogens (tertiary/aromatic N) is 2. The number of amides is 2. The highest BCUT2D eigenvalue weighted by Crippen LogP contribution is 2.30. The smallest absolute Gasteiger partial charge is 0.251 e. The Bertz CT molecular complexity index is 1610. The number of carbonyl (C=O) groups excluding carboxylic acids is 3. The number of aliphatic imine (C=N–C) groups is 1. The van der Waals surface area contributed by atoms with Crippen molar-refractivity contribution < 1.29 is 14.4 Å². The van der Waals surface area contributed by atoms with Crippen LogP contribution in [0.2, 0.25) is 0 Å². The van der Waals surface area contributed by atoms with Crippen LogP contribution in [0.5, 0.6) is 0 Å². The summed E-state index contributed by atoms with van der Waals surface area (Å²) < 4.78 is 0. The van der Waals surface area contributed by atoms with Crippen molar-refractivity contribution in [1.82, 2.24) is 10.6 Å². The van der Waals surface area contributed by atoms with Gasteiger partial charge in [0.2, 0.25) is 5.91 Å². The van der Waals surface area contributed by atoms with Gasteiger partial charge in [0.1, 0.15) is 0 Å². The van der Waals surface area contributed by atoms with Gasteiger partial charge in [0, 0.05) is 36.8 Å². The molecule has 41 heavy (non-hydrogen) atoms. The van der Waals surface area contributed by atoms with Crippen LogP contribution >= 0.6 is 0 Å². The number of carbonyl (C=O) groups is 3. The van der Waals surface area contributed by atoms with E-state index in [0.29, 0.717) is 55.7 Å². The van der Waals surface area contributed by atoms with Crippen LogP contribution in [0.3, 0.4) is 0 Å². The average molecular weight is 551 g/mol. The fourth-order valence-electron chi connectivity index (χ4n) is 5.42. The first kappa shape index (κ1) is 27.8. The van der Waals surface area contributed by atoms with Crippen LogP contribution in [0, 0.1) is 0 Å². The van der Waals surface area contributed by atoms with E-state index in [4.69, 9.17) is 11.5 Å². The molecule has 1 aliphatic heterocycles. The van der Waals surface area contributed by atoms with E-state index in [9.17, 15) is 14.4 Å². The highest BCUT2D eigenvalue weighted by atomic mass is 16.2. The van der Waals surface area contributed by atoms with E-state index < -0.39 is 6.04 Å². The molecule has 5 rings (SSSR count). The summed E-state index contributed by atoms with van der Waals surface area (Å²) in [5.74, 6) is -0.295. The maximum absolute atomic E-state index is 13.9. The Morgan fingerprint density at radius 3 is 2.51 bits per heavy atom. The van der Waals surface area contributed by atoms with Crippen molar-refractivity contribution in [1.29, 1.82) is 0 Å². The van der Waals surface area contributed by atoms with Crippen molar-refractivity contribution in [2.45, 2.75) is 31.3 Å². The molecule has 0 aliphatic carbocycles. The van der Waals surface area contributed by atoms with Crippen LogP contribution in [0.15, 0.2) is 83.9 Å². The molecule has 4 aromatic rings. The monoisotopic (exact) mass is 550 g/mol. The summed E-state index contributed by atoms with van der Waals surface area (Å²) in [6.45, 7) is 1.13. The van der Waals surface area contributed by atoms with Crippen LogP contribution in [0.1, 0.15) is 40.0 Å².